The van der Waals surface area contributed by atoms with E-state index in [9.17, 15) is 9.18 Å². The number of halogens is 1. The van der Waals surface area contributed by atoms with Crippen molar-refractivity contribution in [2.75, 3.05) is 14.2 Å². The lowest BCUT2D eigenvalue weighted by atomic mass is 10.1. The van der Waals surface area contributed by atoms with Gasteiger partial charge in [-0.05, 0) is 38.0 Å². The van der Waals surface area contributed by atoms with Gasteiger partial charge in [0.2, 0.25) is 0 Å². The fourth-order valence-electron chi connectivity index (χ4n) is 3.17. The number of rotatable bonds is 3. The molecule has 0 saturated carbocycles. The first-order chi connectivity index (χ1) is 11.5. The van der Waals surface area contributed by atoms with E-state index in [2.05, 4.69) is 14.8 Å². The Kier molecular flexibility index (Phi) is 4.51. The molecule has 3 rings (SSSR count). The van der Waals surface area contributed by atoms with Gasteiger partial charge in [0, 0.05) is 31.6 Å². The summed E-state index contributed by atoms with van der Waals surface area (Å²) >= 11 is 0. The predicted octanol–water partition coefficient (Wildman–Crippen LogP) is 2.21. The molecular weight excluding hydrogens is 311 g/mol. The number of carbonyl (C=O) groups excluding carboxylic acids is 1. The fourth-order valence-corrected chi connectivity index (χ4v) is 3.17. The van der Waals surface area contributed by atoms with Gasteiger partial charge in [-0.25, -0.2) is 4.39 Å². The average Bonchev–Trinajstić information content (AvgIpc) is 2.81. The van der Waals surface area contributed by atoms with E-state index < -0.39 is 5.82 Å². The summed E-state index contributed by atoms with van der Waals surface area (Å²) in [6.07, 6.45) is 2.42. The fraction of sp³-hybridized carbons (Fsp3) is 0.471. The molecular formula is C17H21FN4O2. The van der Waals surface area contributed by atoms with E-state index >= 15 is 0 Å². The lowest BCUT2D eigenvalue weighted by Gasteiger charge is -2.27. The van der Waals surface area contributed by atoms with Crippen LogP contribution in [0, 0.1) is 12.7 Å². The predicted molar refractivity (Wildman–Crippen MR) is 86.5 cm³/mol. The topological polar surface area (TPSA) is 60.2 Å². The summed E-state index contributed by atoms with van der Waals surface area (Å²) in [6, 6.07) is 4.39. The Morgan fingerprint density at radius 1 is 1.38 bits per heavy atom. The number of benzene rings is 1. The molecule has 0 fully saturated rings. The number of carbonyl (C=O) groups is 1. The molecule has 6 nitrogen and oxygen atoms in total. The standard InChI is InChI=1S/C17H21FN4O2/c1-11-19-20-16-7-5-13(8-9-22(11)16)21(2)17(23)12-4-6-15(24-3)14(18)10-12/h4,6,10,13H,5,7-9H2,1-3H3. The van der Waals surface area contributed by atoms with Crippen molar-refractivity contribution < 1.29 is 13.9 Å². The van der Waals surface area contributed by atoms with Crippen molar-refractivity contribution in [3.63, 3.8) is 0 Å². The van der Waals surface area contributed by atoms with Crippen LogP contribution in [-0.2, 0) is 13.0 Å². The van der Waals surface area contributed by atoms with E-state index in [1.54, 1.807) is 18.0 Å². The summed E-state index contributed by atoms with van der Waals surface area (Å²) in [5, 5.41) is 8.29. The molecule has 1 unspecified atom stereocenters. The summed E-state index contributed by atoms with van der Waals surface area (Å²) in [4.78, 5) is 14.4. The first kappa shape index (κ1) is 16.4. The summed E-state index contributed by atoms with van der Waals surface area (Å²) in [7, 11) is 3.17. The van der Waals surface area contributed by atoms with Crippen LogP contribution in [0.4, 0.5) is 4.39 Å². The van der Waals surface area contributed by atoms with Crippen LogP contribution in [-0.4, -0.2) is 45.8 Å². The minimum Gasteiger partial charge on any atom is -0.494 e. The largest absolute Gasteiger partial charge is 0.494 e. The normalized spacial score (nSPS) is 17.1. The molecule has 1 aliphatic heterocycles. The second-order valence-corrected chi connectivity index (χ2v) is 6.06. The molecule has 2 heterocycles. The number of hydrogen-bond donors (Lipinski definition) is 0. The van der Waals surface area contributed by atoms with Crippen molar-refractivity contribution in [1.82, 2.24) is 19.7 Å². The number of aromatic nitrogens is 3. The number of aryl methyl sites for hydroxylation is 2. The third-order valence-electron chi connectivity index (χ3n) is 4.67. The number of methoxy groups -OCH3 is 1. The lowest BCUT2D eigenvalue weighted by molar-refractivity contribution is 0.0715. The number of ether oxygens (including phenoxy) is 1. The zero-order chi connectivity index (χ0) is 17.3. The van der Waals surface area contributed by atoms with Crippen LogP contribution in [0.3, 0.4) is 0 Å². The highest BCUT2D eigenvalue weighted by Gasteiger charge is 2.25. The van der Waals surface area contributed by atoms with E-state index in [1.165, 1.54) is 19.2 Å². The quantitative estimate of drug-likeness (QED) is 0.865. The van der Waals surface area contributed by atoms with E-state index in [-0.39, 0.29) is 17.7 Å². The van der Waals surface area contributed by atoms with Gasteiger partial charge in [0.25, 0.3) is 5.91 Å². The maximum Gasteiger partial charge on any atom is 0.253 e. The average molecular weight is 332 g/mol. The van der Waals surface area contributed by atoms with Crippen molar-refractivity contribution in [3.05, 3.63) is 41.2 Å². The first-order valence-electron chi connectivity index (χ1n) is 8.00. The molecule has 1 amide bonds. The Bertz CT molecular complexity index is 759. The summed E-state index contributed by atoms with van der Waals surface area (Å²) in [5.74, 6) is 1.29. The monoisotopic (exact) mass is 332 g/mol. The Balaban J connectivity index is 1.73. The molecule has 128 valence electrons. The maximum atomic E-state index is 13.8. The highest BCUT2D eigenvalue weighted by atomic mass is 19.1. The van der Waals surface area contributed by atoms with Crippen LogP contribution in [0.25, 0.3) is 0 Å². The van der Waals surface area contributed by atoms with Crippen LogP contribution < -0.4 is 4.74 Å². The minimum absolute atomic E-state index is 0.0868. The molecule has 0 saturated heterocycles. The third kappa shape index (κ3) is 2.98. The third-order valence-corrected chi connectivity index (χ3v) is 4.67. The highest BCUT2D eigenvalue weighted by Crippen LogP contribution is 2.22. The molecule has 1 aromatic carbocycles. The van der Waals surface area contributed by atoms with E-state index in [0.717, 1.165) is 37.5 Å². The molecule has 0 radical (unpaired) electrons. The number of amides is 1. The molecule has 1 aromatic heterocycles. The van der Waals surface area contributed by atoms with Gasteiger partial charge in [0.15, 0.2) is 11.6 Å². The van der Waals surface area contributed by atoms with Crippen molar-refractivity contribution in [3.8, 4) is 5.75 Å². The second kappa shape index (κ2) is 6.59. The molecule has 0 N–H and O–H groups in total. The van der Waals surface area contributed by atoms with E-state index in [1.807, 2.05) is 6.92 Å². The Morgan fingerprint density at radius 3 is 2.88 bits per heavy atom. The van der Waals surface area contributed by atoms with Crippen molar-refractivity contribution in [1.29, 1.82) is 0 Å². The van der Waals surface area contributed by atoms with Gasteiger partial charge in [-0.2, -0.15) is 0 Å². The highest BCUT2D eigenvalue weighted by molar-refractivity contribution is 5.94. The Morgan fingerprint density at radius 2 is 2.17 bits per heavy atom. The molecule has 7 heteroatoms. The van der Waals surface area contributed by atoms with Crippen LogP contribution in [0.15, 0.2) is 18.2 Å². The Hall–Kier alpha value is -2.44. The summed E-state index contributed by atoms with van der Waals surface area (Å²) < 4.78 is 20.8. The summed E-state index contributed by atoms with van der Waals surface area (Å²) in [5.41, 5.74) is 0.329. The van der Waals surface area contributed by atoms with Crippen LogP contribution >= 0.6 is 0 Å². The van der Waals surface area contributed by atoms with Gasteiger partial charge in [0.05, 0.1) is 7.11 Å². The molecule has 24 heavy (non-hydrogen) atoms. The van der Waals surface area contributed by atoms with Crippen molar-refractivity contribution >= 4 is 5.91 Å². The lowest BCUT2D eigenvalue weighted by Crippen LogP contribution is -2.37. The van der Waals surface area contributed by atoms with E-state index in [4.69, 9.17) is 4.74 Å². The SMILES string of the molecule is COc1ccc(C(=O)N(C)C2CCc3nnc(C)n3CC2)cc1F. The zero-order valence-electron chi connectivity index (χ0n) is 14.1. The zero-order valence-corrected chi connectivity index (χ0v) is 14.1. The first-order valence-corrected chi connectivity index (χ1v) is 8.00. The molecule has 1 aliphatic rings. The minimum atomic E-state index is -0.528. The maximum absolute atomic E-state index is 13.8. The van der Waals surface area contributed by atoms with Gasteiger partial charge in [-0.3, -0.25) is 4.79 Å². The van der Waals surface area contributed by atoms with Crippen LogP contribution in [0.1, 0.15) is 34.8 Å². The molecule has 1 atom stereocenters. The smallest absolute Gasteiger partial charge is 0.253 e. The van der Waals surface area contributed by atoms with Gasteiger partial charge in [-0.1, -0.05) is 0 Å². The molecule has 0 bridgehead atoms. The summed E-state index contributed by atoms with van der Waals surface area (Å²) in [6.45, 7) is 2.72. The number of hydrogen-bond acceptors (Lipinski definition) is 4. The molecule has 0 aliphatic carbocycles. The Labute approximate surface area is 140 Å². The van der Waals surface area contributed by atoms with Crippen molar-refractivity contribution in [2.45, 2.75) is 38.8 Å². The number of nitrogens with zero attached hydrogens (tertiary/aromatic N) is 4. The van der Waals surface area contributed by atoms with Gasteiger partial charge < -0.3 is 14.2 Å². The molecule has 2 aromatic rings. The van der Waals surface area contributed by atoms with Crippen LogP contribution in [0.5, 0.6) is 5.75 Å². The van der Waals surface area contributed by atoms with Crippen molar-refractivity contribution in [2.24, 2.45) is 0 Å². The van der Waals surface area contributed by atoms with Gasteiger partial charge in [-0.15, -0.1) is 10.2 Å². The van der Waals surface area contributed by atoms with Crippen LogP contribution in [0.2, 0.25) is 0 Å². The molecule has 0 spiro atoms. The second-order valence-electron chi connectivity index (χ2n) is 6.06. The van der Waals surface area contributed by atoms with Gasteiger partial charge in [0.1, 0.15) is 11.6 Å². The number of fused-ring (bicyclic) bond motifs is 1. The van der Waals surface area contributed by atoms with E-state index in [0.29, 0.717) is 5.56 Å². The van der Waals surface area contributed by atoms with Gasteiger partial charge >= 0.3 is 0 Å².